The van der Waals surface area contributed by atoms with Crippen LogP contribution < -0.4 is 14.8 Å². The van der Waals surface area contributed by atoms with Crippen molar-refractivity contribution in [1.82, 2.24) is 0 Å². The molecule has 98 valence electrons. The monoisotopic (exact) mass is 255 g/mol. The van der Waals surface area contributed by atoms with Crippen molar-refractivity contribution in [1.29, 1.82) is 0 Å². The van der Waals surface area contributed by atoms with Gasteiger partial charge in [-0.25, -0.2) is 0 Å². The summed E-state index contributed by atoms with van der Waals surface area (Å²) in [6.45, 7) is 0.740. The molecule has 1 aliphatic rings. The van der Waals surface area contributed by atoms with Gasteiger partial charge in [-0.2, -0.15) is 0 Å². The molecule has 0 amide bonds. The van der Waals surface area contributed by atoms with Gasteiger partial charge in [-0.15, -0.1) is 0 Å². The Bertz CT molecular complexity index is 554. The second kappa shape index (κ2) is 5.22. The predicted octanol–water partition coefficient (Wildman–Crippen LogP) is 3.63. The van der Waals surface area contributed by atoms with Gasteiger partial charge in [0, 0.05) is 17.7 Å². The van der Waals surface area contributed by atoms with Crippen molar-refractivity contribution in [2.45, 2.75) is 12.5 Å². The van der Waals surface area contributed by atoms with Gasteiger partial charge in [0.1, 0.15) is 11.5 Å². The molecular formula is C16H17NO2. The van der Waals surface area contributed by atoms with Gasteiger partial charge in [0.05, 0.1) is 19.8 Å². The summed E-state index contributed by atoms with van der Waals surface area (Å²) in [7, 11) is 1.69. The zero-order chi connectivity index (χ0) is 13.1. The van der Waals surface area contributed by atoms with E-state index in [0.717, 1.165) is 35.8 Å². The molecule has 0 aromatic heterocycles. The number of para-hydroxylation sites is 1. The summed E-state index contributed by atoms with van der Waals surface area (Å²) in [5, 5.41) is 3.55. The Morgan fingerprint density at radius 2 is 2.00 bits per heavy atom. The van der Waals surface area contributed by atoms with Crippen molar-refractivity contribution >= 4 is 5.69 Å². The van der Waals surface area contributed by atoms with Crippen LogP contribution >= 0.6 is 0 Å². The van der Waals surface area contributed by atoms with Gasteiger partial charge in [-0.05, 0) is 30.3 Å². The summed E-state index contributed by atoms with van der Waals surface area (Å²) in [6, 6.07) is 16.5. The Labute approximate surface area is 113 Å². The molecule has 0 radical (unpaired) electrons. The molecule has 1 atom stereocenters. The van der Waals surface area contributed by atoms with Crippen LogP contribution in [0.3, 0.4) is 0 Å². The highest BCUT2D eigenvalue weighted by Crippen LogP contribution is 2.36. The van der Waals surface area contributed by atoms with E-state index < -0.39 is 0 Å². The lowest BCUT2D eigenvalue weighted by Gasteiger charge is -2.27. The highest BCUT2D eigenvalue weighted by atomic mass is 16.5. The van der Waals surface area contributed by atoms with Crippen molar-refractivity contribution < 1.29 is 9.47 Å². The molecule has 1 N–H and O–H groups in total. The SMILES string of the molecule is COc1ccc2c(c1)C(Nc1ccccc1)CCO2. The average Bonchev–Trinajstić information content (AvgIpc) is 2.48. The summed E-state index contributed by atoms with van der Waals surface area (Å²) < 4.78 is 11.0. The number of rotatable bonds is 3. The van der Waals surface area contributed by atoms with Crippen molar-refractivity contribution in [2.24, 2.45) is 0 Å². The first-order chi connectivity index (χ1) is 9.36. The quantitative estimate of drug-likeness (QED) is 0.908. The maximum absolute atomic E-state index is 5.70. The van der Waals surface area contributed by atoms with Gasteiger partial charge in [0.15, 0.2) is 0 Å². The van der Waals surface area contributed by atoms with Crippen LogP contribution in [0.15, 0.2) is 48.5 Å². The highest BCUT2D eigenvalue weighted by Gasteiger charge is 2.21. The first-order valence-electron chi connectivity index (χ1n) is 6.49. The molecule has 0 saturated carbocycles. The molecule has 0 saturated heterocycles. The molecule has 1 heterocycles. The minimum atomic E-state index is 0.265. The van der Waals surface area contributed by atoms with Gasteiger partial charge < -0.3 is 14.8 Å². The number of nitrogens with one attached hydrogen (secondary N) is 1. The molecule has 0 fully saturated rings. The molecule has 0 spiro atoms. The lowest BCUT2D eigenvalue weighted by Crippen LogP contribution is -2.20. The Hall–Kier alpha value is -2.16. The fourth-order valence-electron chi connectivity index (χ4n) is 2.38. The van der Waals surface area contributed by atoms with Gasteiger partial charge in [-0.3, -0.25) is 0 Å². The smallest absolute Gasteiger partial charge is 0.124 e. The third-order valence-corrected chi connectivity index (χ3v) is 3.37. The third-order valence-electron chi connectivity index (χ3n) is 3.37. The van der Waals surface area contributed by atoms with Crippen LogP contribution in [0.25, 0.3) is 0 Å². The number of methoxy groups -OCH3 is 1. The Kier molecular flexibility index (Phi) is 3.27. The maximum Gasteiger partial charge on any atom is 0.124 e. The fraction of sp³-hybridized carbons (Fsp3) is 0.250. The standard InChI is InChI=1S/C16H17NO2/c1-18-13-7-8-16-14(11-13)15(9-10-19-16)17-12-5-3-2-4-6-12/h2-8,11,15,17H,9-10H2,1H3. The molecule has 0 bridgehead atoms. The van der Waals surface area contributed by atoms with E-state index in [1.165, 1.54) is 0 Å². The van der Waals surface area contributed by atoms with Crippen LogP contribution in [-0.4, -0.2) is 13.7 Å². The number of fused-ring (bicyclic) bond motifs is 1. The molecule has 2 aromatic carbocycles. The number of anilines is 1. The van der Waals surface area contributed by atoms with Gasteiger partial charge in [0.2, 0.25) is 0 Å². The highest BCUT2D eigenvalue weighted by molar-refractivity contribution is 5.50. The van der Waals surface area contributed by atoms with Crippen LogP contribution in [0.1, 0.15) is 18.0 Å². The van der Waals surface area contributed by atoms with Gasteiger partial charge in [-0.1, -0.05) is 18.2 Å². The van der Waals surface area contributed by atoms with E-state index in [1.807, 2.05) is 30.3 Å². The number of ether oxygens (including phenoxy) is 2. The van der Waals surface area contributed by atoms with E-state index in [0.29, 0.717) is 0 Å². The van der Waals surface area contributed by atoms with Crippen LogP contribution in [0, 0.1) is 0 Å². The lowest BCUT2D eigenvalue weighted by atomic mass is 10.00. The summed E-state index contributed by atoms with van der Waals surface area (Å²) >= 11 is 0. The first kappa shape index (κ1) is 11.9. The second-order valence-electron chi connectivity index (χ2n) is 4.60. The van der Waals surface area contributed by atoms with E-state index in [2.05, 4.69) is 23.5 Å². The van der Waals surface area contributed by atoms with Crippen LogP contribution in [0.5, 0.6) is 11.5 Å². The maximum atomic E-state index is 5.70. The Balaban J connectivity index is 1.89. The molecule has 1 aliphatic heterocycles. The first-order valence-corrected chi connectivity index (χ1v) is 6.49. The minimum Gasteiger partial charge on any atom is -0.497 e. The number of benzene rings is 2. The average molecular weight is 255 g/mol. The van der Waals surface area contributed by atoms with E-state index in [-0.39, 0.29) is 6.04 Å². The lowest BCUT2D eigenvalue weighted by molar-refractivity contribution is 0.273. The zero-order valence-electron chi connectivity index (χ0n) is 10.9. The Morgan fingerprint density at radius 3 is 2.79 bits per heavy atom. The van der Waals surface area contributed by atoms with E-state index in [1.54, 1.807) is 7.11 Å². The van der Waals surface area contributed by atoms with Crippen molar-refractivity contribution in [3.05, 3.63) is 54.1 Å². The van der Waals surface area contributed by atoms with Crippen LogP contribution in [0.4, 0.5) is 5.69 Å². The normalized spacial score (nSPS) is 17.2. The molecule has 3 heteroatoms. The van der Waals surface area contributed by atoms with Crippen molar-refractivity contribution in [3.63, 3.8) is 0 Å². The topological polar surface area (TPSA) is 30.5 Å². The van der Waals surface area contributed by atoms with E-state index in [9.17, 15) is 0 Å². The summed E-state index contributed by atoms with van der Waals surface area (Å²) in [5.41, 5.74) is 2.29. The molecule has 3 rings (SSSR count). The molecule has 2 aromatic rings. The third kappa shape index (κ3) is 2.50. The van der Waals surface area contributed by atoms with E-state index in [4.69, 9.17) is 9.47 Å². The van der Waals surface area contributed by atoms with Crippen LogP contribution in [-0.2, 0) is 0 Å². The zero-order valence-corrected chi connectivity index (χ0v) is 10.9. The van der Waals surface area contributed by atoms with Gasteiger partial charge in [0.25, 0.3) is 0 Å². The molecular weight excluding hydrogens is 238 g/mol. The van der Waals surface area contributed by atoms with Crippen LogP contribution in [0.2, 0.25) is 0 Å². The summed E-state index contributed by atoms with van der Waals surface area (Å²) in [6.07, 6.45) is 0.953. The van der Waals surface area contributed by atoms with Crippen molar-refractivity contribution in [2.75, 3.05) is 19.0 Å². The number of hydrogen-bond donors (Lipinski definition) is 1. The Morgan fingerprint density at radius 1 is 1.16 bits per heavy atom. The predicted molar refractivity (Wildman–Crippen MR) is 75.9 cm³/mol. The van der Waals surface area contributed by atoms with E-state index >= 15 is 0 Å². The molecule has 3 nitrogen and oxygen atoms in total. The summed E-state index contributed by atoms with van der Waals surface area (Å²) in [4.78, 5) is 0. The summed E-state index contributed by atoms with van der Waals surface area (Å²) in [5.74, 6) is 1.81. The molecule has 1 unspecified atom stereocenters. The minimum absolute atomic E-state index is 0.265. The fourth-order valence-corrected chi connectivity index (χ4v) is 2.38. The van der Waals surface area contributed by atoms with Crippen molar-refractivity contribution in [3.8, 4) is 11.5 Å². The molecule has 19 heavy (non-hydrogen) atoms. The van der Waals surface area contributed by atoms with Gasteiger partial charge >= 0.3 is 0 Å². The molecule has 0 aliphatic carbocycles. The number of hydrogen-bond acceptors (Lipinski definition) is 3. The second-order valence-corrected chi connectivity index (χ2v) is 4.60. The largest absolute Gasteiger partial charge is 0.497 e.